The van der Waals surface area contributed by atoms with Gasteiger partial charge in [-0.25, -0.2) is 13.2 Å². The van der Waals surface area contributed by atoms with E-state index in [-0.39, 0.29) is 10.9 Å². The lowest BCUT2D eigenvalue weighted by molar-refractivity contribution is -0.149. The second-order valence-electron chi connectivity index (χ2n) is 14.1. The third kappa shape index (κ3) is 8.53. The van der Waals surface area contributed by atoms with Gasteiger partial charge in [0.05, 0.1) is 4.90 Å². The molecule has 9 nitrogen and oxygen atoms in total. The van der Waals surface area contributed by atoms with Crippen LogP contribution in [0.3, 0.4) is 0 Å². The summed E-state index contributed by atoms with van der Waals surface area (Å²) in [7, 11) is -4.64. The van der Waals surface area contributed by atoms with Gasteiger partial charge < -0.3 is 19.7 Å². The van der Waals surface area contributed by atoms with E-state index in [1.165, 1.54) is 29.2 Å². The molecule has 4 aromatic rings. The van der Waals surface area contributed by atoms with Gasteiger partial charge in [-0.3, -0.25) is 4.79 Å². The molecule has 2 fully saturated rings. The van der Waals surface area contributed by atoms with E-state index in [1.807, 2.05) is 30.3 Å². The van der Waals surface area contributed by atoms with Gasteiger partial charge in [-0.2, -0.15) is 13.5 Å². The molecule has 0 saturated carbocycles. The van der Waals surface area contributed by atoms with Crippen molar-refractivity contribution in [3.8, 4) is 5.75 Å². The molecule has 3 atom stereocenters. The number of fused-ring (bicyclic) bond motifs is 3. The topological polar surface area (TPSA) is 114 Å². The Bertz CT molecular complexity index is 1990. The number of halogens is 3. The average Bonchev–Trinajstić information content (AvgIpc) is 3.35. The highest BCUT2D eigenvalue weighted by atomic mass is 79.9. The Morgan fingerprint density at radius 3 is 2.18 bits per heavy atom. The molecule has 4 aromatic carbocycles. The second-order valence-corrected chi connectivity index (χ2v) is 16.7. The quantitative estimate of drug-likeness (QED) is 0.171. The van der Waals surface area contributed by atoms with Gasteiger partial charge >= 0.3 is 6.09 Å². The van der Waals surface area contributed by atoms with Crippen molar-refractivity contribution in [1.29, 1.82) is 0 Å². The summed E-state index contributed by atoms with van der Waals surface area (Å²) in [6.07, 6.45) is 1.13. The van der Waals surface area contributed by atoms with Crippen molar-refractivity contribution >= 4 is 48.7 Å². The lowest BCUT2D eigenvalue weighted by Crippen LogP contribution is -2.61. The van der Waals surface area contributed by atoms with Gasteiger partial charge in [0.2, 0.25) is 15.9 Å². The number of sulfonamides is 1. The predicted molar refractivity (Wildman–Crippen MR) is 193 cm³/mol. The number of piperidine rings is 1. The number of hydrogen-bond acceptors (Lipinski definition) is 6. The minimum Gasteiger partial charge on any atom is -0.489 e. The number of alkyl carbamates (subject to hydrolysis) is 1. The van der Waals surface area contributed by atoms with Crippen molar-refractivity contribution in [3.63, 3.8) is 0 Å². The first-order valence-corrected chi connectivity index (χ1v) is 19.0. The van der Waals surface area contributed by atoms with E-state index in [0.717, 1.165) is 17.7 Å². The zero-order valence-electron chi connectivity index (χ0n) is 28.4. The lowest BCUT2D eigenvalue weighted by Gasteiger charge is -2.42. The summed E-state index contributed by atoms with van der Waals surface area (Å²) in [5, 5.41) is 4.08. The SMILES string of the molecule is CC(C)(C)OC(=O)NC1CC2CCC(C1)N2C(=O)C(NS(=O)(=O)c1ccc2cc(OCc3ccccc3)ccc2c1)C(F)(F)c1ccc(Br)cc1. The van der Waals surface area contributed by atoms with Crippen molar-refractivity contribution in [2.75, 3.05) is 0 Å². The van der Waals surface area contributed by atoms with Crippen molar-refractivity contribution < 1.29 is 36.3 Å². The molecule has 51 heavy (non-hydrogen) atoms. The Labute approximate surface area is 304 Å². The van der Waals surface area contributed by atoms with Gasteiger partial charge in [0, 0.05) is 28.2 Å². The normalized spacial score (nSPS) is 19.8. The van der Waals surface area contributed by atoms with Crippen molar-refractivity contribution in [2.24, 2.45) is 0 Å². The summed E-state index contributed by atoms with van der Waals surface area (Å²) < 4.78 is 74.7. The number of nitrogens with zero attached hydrogens (tertiary/aromatic N) is 1. The van der Waals surface area contributed by atoms with Crippen LogP contribution in [-0.2, 0) is 32.1 Å². The van der Waals surface area contributed by atoms with E-state index in [9.17, 15) is 18.0 Å². The number of nitrogens with one attached hydrogen (secondary N) is 2. The number of rotatable bonds is 10. The largest absolute Gasteiger partial charge is 0.489 e. The third-order valence-electron chi connectivity index (χ3n) is 9.16. The standard InChI is InChI=1S/C38H40BrF2N3O6S/c1-37(2,3)50-36(46)42-29-21-30-15-16-31(22-29)44(30)35(45)34(38(40,41)27-11-13-28(39)14-12-27)43-51(47,48)33-18-10-25-19-32(17-9-26(25)20-33)49-23-24-7-5-4-6-8-24/h4-14,17-20,29-31,34,43H,15-16,21-23H2,1-3H3,(H,42,46). The Hall–Kier alpha value is -4.07. The molecule has 270 valence electrons. The van der Waals surface area contributed by atoms with Crippen LogP contribution >= 0.6 is 15.9 Å². The van der Waals surface area contributed by atoms with Gasteiger partial charge in [-0.15, -0.1) is 0 Å². The second kappa shape index (κ2) is 14.5. The average molecular weight is 785 g/mol. The van der Waals surface area contributed by atoms with E-state index in [4.69, 9.17) is 9.47 Å². The maximum absolute atomic E-state index is 16.5. The van der Waals surface area contributed by atoms with Crippen molar-refractivity contribution in [1.82, 2.24) is 14.9 Å². The van der Waals surface area contributed by atoms with Crippen LogP contribution in [0.5, 0.6) is 5.75 Å². The minimum absolute atomic E-state index is 0.263. The maximum Gasteiger partial charge on any atom is 0.407 e. The maximum atomic E-state index is 16.5. The molecular formula is C38H40BrF2N3O6S. The van der Waals surface area contributed by atoms with Gasteiger partial charge in [-0.05, 0) is 99.2 Å². The summed E-state index contributed by atoms with van der Waals surface area (Å²) in [6, 6.07) is 20.5. The smallest absolute Gasteiger partial charge is 0.407 e. The van der Waals surface area contributed by atoms with Crippen LogP contribution in [0, 0.1) is 0 Å². The first-order chi connectivity index (χ1) is 24.1. The Morgan fingerprint density at radius 1 is 0.902 bits per heavy atom. The molecule has 2 N–H and O–H groups in total. The lowest BCUT2D eigenvalue weighted by atomic mass is 9.94. The molecule has 3 unspecified atom stereocenters. The molecule has 2 saturated heterocycles. The fourth-order valence-electron chi connectivity index (χ4n) is 6.82. The van der Waals surface area contributed by atoms with Gasteiger partial charge in [-0.1, -0.05) is 70.5 Å². The first kappa shape index (κ1) is 36.7. The Balaban J connectivity index is 1.25. The third-order valence-corrected chi connectivity index (χ3v) is 11.1. The van der Waals surface area contributed by atoms with Crippen LogP contribution < -0.4 is 14.8 Å². The molecule has 2 heterocycles. The summed E-state index contributed by atoms with van der Waals surface area (Å²) in [5.74, 6) is -4.35. The number of carbonyl (C=O) groups is 2. The number of ether oxygens (including phenoxy) is 2. The van der Waals surface area contributed by atoms with Gasteiger partial charge in [0.15, 0.2) is 6.04 Å². The number of alkyl halides is 2. The molecule has 13 heteroatoms. The van der Waals surface area contributed by atoms with Crippen LogP contribution in [-0.4, -0.2) is 55.1 Å². The fraction of sp³-hybridized carbons (Fsp3) is 0.368. The highest BCUT2D eigenvalue weighted by molar-refractivity contribution is 9.10. The summed E-state index contributed by atoms with van der Waals surface area (Å²) in [4.78, 5) is 27.9. The molecule has 2 aliphatic rings. The zero-order valence-corrected chi connectivity index (χ0v) is 30.8. The molecule has 0 spiro atoms. The van der Waals surface area contributed by atoms with Crippen LogP contribution in [0.2, 0.25) is 0 Å². The predicted octanol–water partition coefficient (Wildman–Crippen LogP) is 7.67. The molecule has 2 amide bonds. The number of carbonyl (C=O) groups excluding carboxylic acids is 2. The number of benzene rings is 4. The van der Waals surface area contributed by atoms with E-state index >= 15 is 8.78 Å². The summed E-state index contributed by atoms with van der Waals surface area (Å²) >= 11 is 3.25. The molecule has 0 aromatic heterocycles. The minimum atomic E-state index is -4.64. The van der Waals surface area contributed by atoms with Crippen molar-refractivity contribution in [2.45, 2.75) is 93.6 Å². The molecule has 6 rings (SSSR count). The van der Waals surface area contributed by atoms with E-state index < -0.39 is 57.2 Å². The van der Waals surface area contributed by atoms with Crippen LogP contribution in [0.1, 0.15) is 57.6 Å². The van der Waals surface area contributed by atoms with E-state index in [0.29, 0.717) is 53.3 Å². The molecule has 0 radical (unpaired) electrons. The molecular weight excluding hydrogens is 744 g/mol. The fourth-order valence-corrected chi connectivity index (χ4v) is 8.31. The number of amides is 2. The van der Waals surface area contributed by atoms with Crippen LogP contribution in [0.4, 0.5) is 13.6 Å². The highest BCUT2D eigenvalue weighted by Crippen LogP contribution is 2.40. The highest BCUT2D eigenvalue weighted by Gasteiger charge is 2.54. The van der Waals surface area contributed by atoms with E-state index in [2.05, 4.69) is 26.0 Å². The van der Waals surface area contributed by atoms with Gasteiger partial charge in [0.25, 0.3) is 5.92 Å². The molecule has 2 aliphatic heterocycles. The van der Waals surface area contributed by atoms with E-state index in [1.54, 1.807) is 45.0 Å². The monoisotopic (exact) mass is 783 g/mol. The van der Waals surface area contributed by atoms with Crippen molar-refractivity contribution in [3.05, 3.63) is 107 Å². The van der Waals surface area contributed by atoms with Crippen LogP contribution in [0.15, 0.2) is 100 Å². The summed E-state index contributed by atoms with van der Waals surface area (Å²) in [6.45, 7) is 5.61. The van der Waals surface area contributed by atoms with Crippen LogP contribution in [0.25, 0.3) is 10.8 Å². The Kier molecular flexibility index (Phi) is 10.4. The molecule has 2 bridgehead atoms. The zero-order chi connectivity index (χ0) is 36.6. The first-order valence-electron chi connectivity index (χ1n) is 16.8. The number of hydrogen-bond donors (Lipinski definition) is 2. The summed E-state index contributed by atoms with van der Waals surface area (Å²) in [5.41, 5.74) is -0.223. The van der Waals surface area contributed by atoms with Gasteiger partial charge in [0.1, 0.15) is 18.0 Å². The Morgan fingerprint density at radius 2 is 1.53 bits per heavy atom. The molecule has 0 aliphatic carbocycles.